The van der Waals surface area contributed by atoms with Gasteiger partial charge in [0.25, 0.3) is 0 Å². The maximum Gasteiger partial charge on any atom is 0.356 e. The van der Waals surface area contributed by atoms with E-state index in [0.29, 0.717) is 12.0 Å². The minimum absolute atomic E-state index is 0.135. The summed E-state index contributed by atoms with van der Waals surface area (Å²) < 4.78 is 1.91. The number of rotatable bonds is 3. The Kier molecular flexibility index (Phi) is 2.27. The fourth-order valence-electron chi connectivity index (χ4n) is 1.84. The molecule has 1 atom stereocenters. The Morgan fingerprint density at radius 1 is 1.71 bits per heavy atom. The quantitative estimate of drug-likeness (QED) is 0.800. The zero-order valence-electron chi connectivity index (χ0n) is 8.18. The molecule has 4 nitrogen and oxygen atoms in total. The molecule has 1 aliphatic rings. The predicted molar refractivity (Wildman–Crippen MR) is 51.2 cm³/mol. The van der Waals surface area contributed by atoms with Gasteiger partial charge >= 0.3 is 5.97 Å². The number of nitrogens with zero attached hydrogens (tertiary/aromatic N) is 2. The van der Waals surface area contributed by atoms with Gasteiger partial charge in [0, 0.05) is 12.2 Å². The summed E-state index contributed by atoms with van der Waals surface area (Å²) in [4.78, 5) is 14.5. The van der Waals surface area contributed by atoms with Crippen LogP contribution in [0.25, 0.3) is 0 Å². The molecule has 1 heterocycles. The third-order valence-corrected chi connectivity index (χ3v) is 3.12. The number of hydrogen-bond acceptors (Lipinski definition) is 2. The number of aromatic carboxylic acids is 1. The fraction of sp³-hybridized carbons (Fsp3) is 0.600. The van der Waals surface area contributed by atoms with Crippen LogP contribution in [0.5, 0.6) is 0 Å². The van der Waals surface area contributed by atoms with Crippen LogP contribution < -0.4 is 0 Å². The Bertz CT molecular complexity index is 342. The number of carbonyl (C=O) groups is 1. The second-order valence-corrected chi connectivity index (χ2v) is 3.94. The molecule has 0 bridgehead atoms. The highest BCUT2D eigenvalue weighted by atomic mass is 16.4. The average Bonchev–Trinajstić information content (AvgIpc) is 2.48. The van der Waals surface area contributed by atoms with Crippen LogP contribution in [-0.4, -0.2) is 20.6 Å². The number of aromatic nitrogens is 2. The summed E-state index contributed by atoms with van der Waals surface area (Å²) in [7, 11) is 0. The Hall–Kier alpha value is -1.32. The average molecular weight is 194 g/mol. The van der Waals surface area contributed by atoms with Crippen LogP contribution in [0.2, 0.25) is 0 Å². The van der Waals surface area contributed by atoms with Gasteiger partial charge in [-0.2, -0.15) is 0 Å². The monoisotopic (exact) mass is 194 g/mol. The maximum absolute atomic E-state index is 10.6. The lowest BCUT2D eigenvalue weighted by atomic mass is 9.80. The molecule has 1 N–H and O–H groups in total. The third-order valence-electron chi connectivity index (χ3n) is 3.12. The summed E-state index contributed by atoms with van der Waals surface area (Å²) in [5.41, 5.74) is 0.135. The van der Waals surface area contributed by atoms with Crippen molar-refractivity contribution in [2.75, 3.05) is 0 Å². The van der Waals surface area contributed by atoms with Crippen molar-refractivity contribution in [3.05, 3.63) is 18.2 Å². The first-order valence-electron chi connectivity index (χ1n) is 4.95. The summed E-state index contributed by atoms with van der Waals surface area (Å²) in [6.45, 7) is 2.12. The lowest BCUT2D eigenvalue weighted by Gasteiger charge is -2.31. The molecule has 0 saturated heterocycles. The van der Waals surface area contributed by atoms with Crippen LogP contribution in [0.3, 0.4) is 0 Å². The lowest BCUT2D eigenvalue weighted by Crippen LogP contribution is -2.22. The van der Waals surface area contributed by atoms with Gasteiger partial charge in [0.15, 0.2) is 5.69 Å². The van der Waals surface area contributed by atoms with Crippen LogP contribution in [0.1, 0.15) is 42.7 Å². The molecule has 0 spiro atoms. The molecule has 2 rings (SSSR count). The van der Waals surface area contributed by atoms with Gasteiger partial charge in [-0.1, -0.05) is 6.42 Å². The Morgan fingerprint density at radius 3 is 2.86 bits per heavy atom. The molecule has 0 aliphatic heterocycles. The van der Waals surface area contributed by atoms with Gasteiger partial charge < -0.3 is 9.67 Å². The van der Waals surface area contributed by atoms with Gasteiger partial charge in [0.2, 0.25) is 0 Å². The summed E-state index contributed by atoms with van der Waals surface area (Å²) >= 11 is 0. The van der Waals surface area contributed by atoms with E-state index < -0.39 is 5.97 Å². The normalized spacial score (nSPS) is 18.9. The topological polar surface area (TPSA) is 55.1 Å². The van der Waals surface area contributed by atoms with Crippen molar-refractivity contribution in [1.29, 1.82) is 0 Å². The van der Waals surface area contributed by atoms with E-state index in [4.69, 9.17) is 5.11 Å². The maximum atomic E-state index is 10.6. The second kappa shape index (κ2) is 3.44. The number of hydrogen-bond donors (Lipinski definition) is 1. The van der Waals surface area contributed by atoms with Crippen molar-refractivity contribution in [3.8, 4) is 0 Å². The van der Waals surface area contributed by atoms with E-state index in [0.717, 1.165) is 0 Å². The van der Waals surface area contributed by atoms with Crippen LogP contribution in [0.15, 0.2) is 12.5 Å². The zero-order valence-corrected chi connectivity index (χ0v) is 8.18. The molecular weight excluding hydrogens is 180 g/mol. The summed E-state index contributed by atoms with van der Waals surface area (Å²) in [6.07, 6.45) is 7.04. The van der Waals surface area contributed by atoms with Gasteiger partial charge in [0.1, 0.15) is 0 Å². The van der Waals surface area contributed by atoms with E-state index in [1.807, 2.05) is 4.57 Å². The highest BCUT2D eigenvalue weighted by Gasteiger charge is 2.25. The molecule has 0 radical (unpaired) electrons. The van der Waals surface area contributed by atoms with Gasteiger partial charge in [-0.25, -0.2) is 9.78 Å². The predicted octanol–water partition coefficient (Wildman–Crippen LogP) is 1.94. The molecule has 0 amide bonds. The summed E-state index contributed by atoms with van der Waals surface area (Å²) in [5.74, 6) is -0.254. The molecule has 1 aromatic rings. The van der Waals surface area contributed by atoms with Gasteiger partial charge in [0.05, 0.1) is 6.33 Å². The molecule has 4 heteroatoms. The molecule has 76 valence electrons. The molecule has 14 heavy (non-hydrogen) atoms. The molecule has 1 fully saturated rings. The van der Waals surface area contributed by atoms with E-state index in [1.165, 1.54) is 19.3 Å². The highest BCUT2D eigenvalue weighted by molar-refractivity contribution is 5.84. The Morgan fingerprint density at radius 2 is 2.43 bits per heavy atom. The molecule has 1 saturated carbocycles. The second-order valence-electron chi connectivity index (χ2n) is 3.94. The first kappa shape index (κ1) is 9.24. The van der Waals surface area contributed by atoms with Crippen molar-refractivity contribution in [3.63, 3.8) is 0 Å². The van der Waals surface area contributed by atoms with E-state index >= 15 is 0 Å². The number of carboxylic acids is 1. The first-order valence-corrected chi connectivity index (χ1v) is 4.95. The summed E-state index contributed by atoms with van der Waals surface area (Å²) in [5, 5.41) is 8.71. The third kappa shape index (κ3) is 1.52. The zero-order chi connectivity index (χ0) is 10.1. The molecule has 0 unspecified atom stereocenters. The SMILES string of the molecule is C[C@@H](C1CCC1)n1cnc(C(=O)O)c1. The molecule has 0 aromatic carbocycles. The van der Waals surface area contributed by atoms with Crippen LogP contribution >= 0.6 is 0 Å². The molecule has 1 aliphatic carbocycles. The summed E-state index contributed by atoms with van der Waals surface area (Å²) in [6, 6.07) is 0.379. The van der Waals surface area contributed by atoms with Crippen LogP contribution in [0.4, 0.5) is 0 Å². The number of carboxylic acid groups (broad SMARTS) is 1. The van der Waals surface area contributed by atoms with E-state index in [2.05, 4.69) is 11.9 Å². The van der Waals surface area contributed by atoms with E-state index in [9.17, 15) is 4.79 Å². The molecule has 1 aromatic heterocycles. The smallest absolute Gasteiger partial charge is 0.356 e. The fourth-order valence-corrected chi connectivity index (χ4v) is 1.84. The van der Waals surface area contributed by atoms with Crippen molar-refractivity contribution in [1.82, 2.24) is 9.55 Å². The number of imidazole rings is 1. The lowest BCUT2D eigenvalue weighted by molar-refractivity contribution is 0.0691. The Balaban J connectivity index is 2.11. The standard InChI is InChI=1S/C10H14N2O2/c1-7(8-3-2-4-8)12-5-9(10(13)14)11-6-12/h5-8H,2-4H2,1H3,(H,13,14)/t7-/m0/s1. The van der Waals surface area contributed by atoms with Crippen molar-refractivity contribution < 1.29 is 9.90 Å². The van der Waals surface area contributed by atoms with Gasteiger partial charge in [-0.15, -0.1) is 0 Å². The first-order chi connectivity index (χ1) is 6.68. The van der Waals surface area contributed by atoms with Crippen LogP contribution in [0, 0.1) is 5.92 Å². The van der Waals surface area contributed by atoms with Crippen LogP contribution in [-0.2, 0) is 0 Å². The van der Waals surface area contributed by atoms with Crippen molar-refractivity contribution >= 4 is 5.97 Å². The van der Waals surface area contributed by atoms with Crippen molar-refractivity contribution in [2.45, 2.75) is 32.2 Å². The molecular formula is C10H14N2O2. The van der Waals surface area contributed by atoms with Gasteiger partial charge in [-0.05, 0) is 25.7 Å². The largest absolute Gasteiger partial charge is 0.476 e. The highest BCUT2D eigenvalue weighted by Crippen LogP contribution is 2.35. The van der Waals surface area contributed by atoms with E-state index in [1.54, 1.807) is 12.5 Å². The Labute approximate surface area is 82.6 Å². The minimum atomic E-state index is -0.954. The van der Waals surface area contributed by atoms with Gasteiger partial charge in [-0.3, -0.25) is 0 Å². The van der Waals surface area contributed by atoms with E-state index in [-0.39, 0.29) is 5.69 Å². The minimum Gasteiger partial charge on any atom is -0.476 e. The van der Waals surface area contributed by atoms with Crippen molar-refractivity contribution in [2.24, 2.45) is 5.92 Å².